The molecule has 2 aromatic rings. The van der Waals surface area contributed by atoms with Crippen LogP contribution in [0, 0.1) is 10.1 Å². The van der Waals surface area contributed by atoms with E-state index >= 15 is 0 Å². The third-order valence-electron chi connectivity index (χ3n) is 3.65. The Morgan fingerprint density at radius 1 is 1.29 bits per heavy atom. The lowest BCUT2D eigenvalue weighted by Gasteiger charge is -2.24. The Labute approximate surface area is 142 Å². The summed E-state index contributed by atoms with van der Waals surface area (Å²) >= 11 is 1.52. The second-order valence-corrected chi connectivity index (χ2v) is 6.10. The van der Waals surface area contributed by atoms with Gasteiger partial charge in [0.25, 0.3) is 11.6 Å². The van der Waals surface area contributed by atoms with Crippen LogP contribution in [0.4, 0.5) is 5.69 Å². The summed E-state index contributed by atoms with van der Waals surface area (Å²) in [5, 5.41) is 13.0. The van der Waals surface area contributed by atoms with Crippen LogP contribution in [0.1, 0.15) is 38.6 Å². The fourth-order valence-corrected chi connectivity index (χ4v) is 3.00. The van der Waals surface area contributed by atoms with E-state index in [4.69, 9.17) is 0 Å². The van der Waals surface area contributed by atoms with E-state index in [9.17, 15) is 19.7 Å². The molecule has 0 aliphatic heterocycles. The Morgan fingerprint density at radius 3 is 2.50 bits per heavy atom. The lowest BCUT2D eigenvalue weighted by Crippen LogP contribution is -2.29. The molecule has 0 radical (unpaired) electrons. The summed E-state index contributed by atoms with van der Waals surface area (Å²) in [7, 11) is 2.79. The number of esters is 1. The first-order chi connectivity index (χ1) is 11.3. The first-order valence-corrected chi connectivity index (χ1v) is 7.91. The van der Waals surface area contributed by atoms with E-state index in [2.05, 4.69) is 4.74 Å². The van der Waals surface area contributed by atoms with Gasteiger partial charge in [0.1, 0.15) is 0 Å². The van der Waals surface area contributed by atoms with E-state index in [1.54, 1.807) is 7.05 Å². The largest absolute Gasteiger partial charge is 0.465 e. The molecule has 0 N–H and O–H groups in total. The highest BCUT2D eigenvalue weighted by Crippen LogP contribution is 2.26. The number of nitrogens with zero attached hydrogens (tertiary/aromatic N) is 2. The molecule has 1 aromatic carbocycles. The lowest BCUT2D eigenvalue weighted by molar-refractivity contribution is -0.384. The molecular weight excluding hydrogens is 332 g/mol. The summed E-state index contributed by atoms with van der Waals surface area (Å²) in [6, 6.07) is 7.15. The van der Waals surface area contributed by atoms with Crippen LogP contribution >= 0.6 is 11.3 Å². The minimum atomic E-state index is -0.735. The summed E-state index contributed by atoms with van der Waals surface area (Å²) < 4.78 is 4.59. The minimum absolute atomic E-state index is 0.0350. The van der Waals surface area contributed by atoms with Gasteiger partial charge < -0.3 is 9.64 Å². The third kappa shape index (κ3) is 3.60. The van der Waals surface area contributed by atoms with Gasteiger partial charge in [-0.3, -0.25) is 14.9 Å². The van der Waals surface area contributed by atoms with Crippen molar-refractivity contribution >= 4 is 28.9 Å². The first-order valence-electron chi connectivity index (χ1n) is 7.03. The van der Waals surface area contributed by atoms with Gasteiger partial charge in [-0.05, 0) is 24.4 Å². The van der Waals surface area contributed by atoms with Crippen molar-refractivity contribution in [3.05, 3.63) is 61.8 Å². The summed E-state index contributed by atoms with van der Waals surface area (Å²) in [5.41, 5.74) is -0.304. The molecule has 1 unspecified atom stereocenters. The highest BCUT2D eigenvalue weighted by molar-refractivity contribution is 7.10. The average Bonchev–Trinajstić information content (AvgIpc) is 3.13. The van der Waals surface area contributed by atoms with Gasteiger partial charge in [0.15, 0.2) is 0 Å². The van der Waals surface area contributed by atoms with E-state index in [0.717, 1.165) is 17.0 Å². The smallest absolute Gasteiger partial charge is 0.338 e. The Bertz CT molecular complexity index is 773. The number of amides is 1. The van der Waals surface area contributed by atoms with Crippen LogP contribution < -0.4 is 0 Å². The SMILES string of the molecule is COC(=O)c1cc(C(=O)N(C)C(C)c2cccs2)cc([N+](=O)[O-])c1. The summed E-state index contributed by atoms with van der Waals surface area (Å²) in [4.78, 5) is 37.2. The van der Waals surface area contributed by atoms with Crippen LogP contribution in [0.25, 0.3) is 0 Å². The lowest BCUT2D eigenvalue weighted by atomic mass is 10.1. The van der Waals surface area contributed by atoms with Crippen LogP contribution in [0.5, 0.6) is 0 Å². The molecule has 0 aliphatic rings. The van der Waals surface area contributed by atoms with E-state index in [0.29, 0.717) is 0 Å². The fourth-order valence-electron chi connectivity index (χ4n) is 2.18. The number of ether oxygens (including phenoxy) is 1. The minimum Gasteiger partial charge on any atom is -0.465 e. The van der Waals surface area contributed by atoms with Gasteiger partial charge in [-0.2, -0.15) is 0 Å². The standard InChI is InChI=1S/C16H16N2O5S/c1-10(14-5-4-6-24-14)17(2)15(19)11-7-12(16(20)23-3)9-13(8-11)18(21)22/h4-10H,1-3H3. The quantitative estimate of drug-likeness (QED) is 0.470. The van der Waals surface area contributed by atoms with Crippen LogP contribution in [-0.4, -0.2) is 35.9 Å². The Kier molecular flexibility index (Phi) is 5.30. The zero-order valence-electron chi connectivity index (χ0n) is 13.4. The maximum atomic E-state index is 12.7. The number of nitro benzene ring substituents is 1. The third-order valence-corrected chi connectivity index (χ3v) is 4.70. The number of methoxy groups -OCH3 is 1. The summed E-state index contributed by atoms with van der Waals surface area (Å²) in [6.45, 7) is 1.86. The zero-order valence-corrected chi connectivity index (χ0v) is 14.2. The molecular formula is C16H16N2O5S. The number of thiophene rings is 1. The highest BCUT2D eigenvalue weighted by Gasteiger charge is 2.23. The monoisotopic (exact) mass is 348 g/mol. The maximum absolute atomic E-state index is 12.7. The maximum Gasteiger partial charge on any atom is 0.338 e. The predicted octanol–water partition coefficient (Wildman–Crippen LogP) is 3.28. The van der Waals surface area contributed by atoms with Crippen molar-refractivity contribution < 1.29 is 19.2 Å². The molecule has 0 spiro atoms. The van der Waals surface area contributed by atoms with E-state index in [1.165, 1.54) is 29.4 Å². The number of benzene rings is 1. The molecule has 0 saturated carbocycles. The Hall–Kier alpha value is -2.74. The van der Waals surface area contributed by atoms with Gasteiger partial charge in [-0.25, -0.2) is 4.79 Å². The number of hydrogen-bond donors (Lipinski definition) is 0. The van der Waals surface area contributed by atoms with Crippen LogP contribution in [-0.2, 0) is 4.74 Å². The van der Waals surface area contributed by atoms with Crippen molar-refractivity contribution in [3.63, 3.8) is 0 Å². The molecule has 1 amide bonds. The predicted molar refractivity (Wildman–Crippen MR) is 89.3 cm³/mol. The second-order valence-electron chi connectivity index (χ2n) is 5.12. The molecule has 0 saturated heterocycles. The second kappa shape index (κ2) is 7.22. The number of nitro groups is 1. The molecule has 0 aliphatic carbocycles. The van der Waals surface area contributed by atoms with Crippen molar-refractivity contribution in [2.45, 2.75) is 13.0 Å². The average molecular weight is 348 g/mol. The molecule has 1 heterocycles. The van der Waals surface area contributed by atoms with Gasteiger partial charge in [-0.1, -0.05) is 6.07 Å². The number of carbonyl (C=O) groups excluding carboxylic acids is 2. The summed E-state index contributed by atoms with van der Waals surface area (Å²) in [5.74, 6) is -1.15. The number of carbonyl (C=O) groups is 2. The highest BCUT2D eigenvalue weighted by atomic mass is 32.1. The van der Waals surface area contributed by atoms with E-state index in [1.807, 2.05) is 24.4 Å². The molecule has 8 heteroatoms. The van der Waals surface area contributed by atoms with Gasteiger partial charge in [0.2, 0.25) is 0 Å². The molecule has 7 nitrogen and oxygen atoms in total. The molecule has 0 bridgehead atoms. The van der Waals surface area contributed by atoms with E-state index in [-0.39, 0.29) is 22.9 Å². The van der Waals surface area contributed by atoms with Gasteiger partial charge in [0.05, 0.1) is 23.6 Å². The molecule has 1 atom stereocenters. The van der Waals surface area contributed by atoms with Gasteiger partial charge in [0, 0.05) is 29.6 Å². The normalized spacial score (nSPS) is 11.6. The Balaban J connectivity index is 2.39. The Morgan fingerprint density at radius 2 is 1.96 bits per heavy atom. The molecule has 1 aromatic heterocycles. The molecule has 2 rings (SSSR count). The first kappa shape index (κ1) is 17.6. The van der Waals surface area contributed by atoms with Gasteiger partial charge >= 0.3 is 5.97 Å². The topological polar surface area (TPSA) is 89.8 Å². The molecule has 0 fully saturated rings. The number of hydrogen-bond acceptors (Lipinski definition) is 6. The van der Waals surface area contributed by atoms with Crippen LogP contribution in [0.2, 0.25) is 0 Å². The van der Waals surface area contributed by atoms with Crippen molar-refractivity contribution in [1.82, 2.24) is 4.90 Å². The fraction of sp³-hybridized carbons (Fsp3) is 0.250. The number of rotatable bonds is 5. The molecule has 24 heavy (non-hydrogen) atoms. The van der Waals surface area contributed by atoms with Crippen LogP contribution in [0.3, 0.4) is 0 Å². The summed E-state index contributed by atoms with van der Waals surface area (Å²) in [6.07, 6.45) is 0. The van der Waals surface area contributed by atoms with Gasteiger partial charge in [-0.15, -0.1) is 11.3 Å². The van der Waals surface area contributed by atoms with Crippen molar-refractivity contribution in [2.75, 3.05) is 14.2 Å². The van der Waals surface area contributed by atoms with Crippen molar-refractivity contribution in [2.24, 2.45) is 0 Å². The zero-order chi connectivity index (χ0) is 17.9. The van der Waals surface area contributed by atoms with E-state index < -0.39 is 16.8 Å². The number of non-ortho nitro benzene ring substituents is 1. The van der Waals surface area contributed by atoms with Crippen molar-refractivity contribution in [3.8, 4) is 0 Å². The molecule has 126 valence electrons. The van der Waals surface area contributed by atoms with Crippen molar-refractivity contribution in [1.29, 1.82) is 0 Å². The van der Waals surface area contributed by atoms with Crippen LogP contribution in [0.15, 0.2) is 35.7 Å².